The lowest BCUT2D eigenvalue weighted by atomic mass is 9.79. The van der Waals surface area contributed by atoms with Crippen LogP contribution in [-0.2, 0) is 9.59 Å². The molecule has 0 amide bonds. The fraction of sp³-hybridized carbons (Fsp3) is 0.909. The molecular weight excluding hydrogens is 352 g/mol. The van der Waals surface area contributed by atoms with E-state index in [2.05, 4.69) is 6.92 Å². The standard InChI is InChI=1S/C22H46N4O2/c1-2-3-4-9-14-19(20(27)15-10-5-7-12-17-23)22(25,26)21(28)16-11-6-8-13-18-24/h19H,2-18,23-26H2,1H3. The van der Waals surface area contributed by atoms with Gasteiger partial charge < -0.3 is 22.9 Å². The molecule has 0 saturated heterocycles. The summed E-state index contributed by atoms with van der Waals surface area (Å²) in [6.07, 6.45) is 13.0. The molecule has 0 aromatic heterocycles. The quantitative estimate of drug-likeness (QED) is 0.183. The third kappa shape index (κ3) is 11.9. The van der Waals surface area contributed by atoms with Crippen molar-refractivity contribution in [2.45, 2.75) is 109 Å². The Labute approximate surface area is 172 Å². The average Bonchev–Trinajstić information content (AvgIpc) is 2.67. The molecule has 0 aliphatic rings. The van der Waals surface area contributed by atoms with Crippen molar-refractivity contribution in [1.29, 1.82) is 0 Å². The third-order valence-electron chi connectivity index (χ3n) is 5.53. The molecular formula is C22H46N4O2. The molecule has 0 radical (unpaired) electrons. The van der Waals surface area contributed by atoms with Gasteiger partial charge in [-0.25, -0.2) is 0 Å². The smallest absolute Gasteiger partial charge is 0.167 e. The maximum absolute atomic E-state index is 12.9. The fourth-order valence-electron chi connectivity index (χ4n) is 3.61. The lowest BCUT2D eigenvalue weighted by molar-refractivity contribution is -0.134. The molecule has 1 atom stereocenters. The van der Waals surface area contributed by atoms with Gasteiger partial charge in [0.25, 0.3) is 0 Å². The first-order valence-electron chi connectivity index (χ1n) is 11.5. The summed E-state index contributed by atoms with van der Waals surface area (Å²) in [6.45, 7) is 3.50. The summed E-state index contributed by atoms with van der Waals surface area (Å²) in [4.78, 5) is 25.6. The average molecular weight is 399 g/mol. The highest BCUT2D eigenvalue weighted by atomic mass is 16.1. The Kier molecular flexibility index (Phi) is 16.6. The van der Waals surface area contributed by atoms with Crippen molar-refractivity contribution in [2.75, 3.05) is 13.1 Å². The third-order valence-corrected chi connectivity index (χ3v) is 5.53. The van der Waals surface area contributed by atoms with Crippen LogP contribution in [0.15, 0.2) is 0 Å². The second-order valence-electron chi connectivity index (χ2n) is 8.13. The van der Waals surface area contributed by atoms with E-state index in [1.165, 1.54) is 0 Å². The van der Waals surface area contributed by atoms with Gasteiger partial charge in [0.15, 0.2) is 5.78 Å². The van der Waals surface area contributed by atoms with E-state index in [1.807, 2.05) is 0 Å². The number of hydrogen-bond acceptors (Lipinski definition) is 6. The molecule has 0 rings (SSSR count). The first kappa shape index (κ1) is 27.2. The highest BCUT2D eigenvalue weighted by Crippen LogP contribution is 2.24. The molecule has 0 saturated carbocycles. The van der Waals surface area contributed by atoms with E-state index in [-0.39, 0.29) is 11.6 Å². The van der Waals surface area contributed by atoms with E-state index in [0.29, 0.717) is 32.4 Å². The normalized spacial score (nSPS) is 12.9. The summed E-state index contributed by atoms with van der Waals surface area (Å²) >= 11 is 0. The van der Waals surface area contributed by atoms with Crippen molar-refractivity contribution < 1.29 is 9.59 Å². The van der Waals surface area contributed by atoms with Crippen molar-refractivity contribution in [2.24, 2.45) is 28.9 Å². The molecule has 0 bridgehead atoms. The first-order valence-corrected chi connectivity index (χ1v) is 11.5. The van der Waals surface area contributed by atoms with Gasteiger partial charge in [-0.15, -0.1) is 0 Å². The van der Waals surface area contributed by atoms with Gasteiger partial charge >= 0.3 is 0 Å². The number of ketones is 2. The van der Waals surface area contributed by atoms with Gasteiger partial charge in [0.05, 0.1) is 5.92 Å². The largest absolute Gasteiger partial charge is 0.330 e. The van der Waals surface area contributed by atoms with Gasteiger partial charge in [-0.1, -0.05) is 58.3 Å². The molecule has 0 fully saturated rings. The van der Waals surface area contributed by atoms with E-state index < -0.39 is 11.6 Å². The Morgan fingerprint density at radius 2 is 1.21 bits per heavy atom. The number of Topliss-reactive ketones (excluding diaryl/α,β-unsaturated/α-hetero) is 2. The predicted molar refractivity (Wildman–Crippen MR) is 118 cm³/mol. The van der Waals surface area contributed by atoms with Crippen LogP contribution in [0.4, 0.5) is 0 Å². The molecule has 0 spiro atoms. The Morgan fingerprint density at radius 3 is 1.75 bits per heavy atom. The topological polar surface area (TPSA) is 138 Å². The summed E-state index contributed by atoms with van der Waals surface area (Å²) in [5, 5.41) is 0. The van der Waals surface area contributed by atoms with Crippen molar-refractivity contribution in [3.05, 3.63) is 0 Å². The zero-order valence-electron chi connectivity index (χ0n) is 18.2. The SMILES string of the molecule is CCCCCCC(C(=O)CCCCCCN)C(N)(N)C(=O)CCCCCCN. The van der Waals surface area contributed by atoms with Crippen LogP contribution in [0.3, 0.4) is 0 Å². The van der Waals surface area contributed by atoms with Gasteiger partial charge in [0, 0.05) is 12.8 Å². The maximum Gasteiger partial charge on any atom is 0.167 e. The second-order valence-corrected chi connectivity index (χ2v) is 8.13. The lowest BCUT2D eigenvalue weighted by Gasteiger charge is -2.32. The number of carbonyl (C=O) groups is 2. The predicted octanol–water partition coefficient (Wildman–Crippen LogP) is 3.14. The Morgan fingerprint density at radius 1 is 0.714 bits per heavy atom. The second kappa shape index (κ2) is 17.1. The van der Waals surface area contributed by atoms with Crippen molar-refractivity contribution >= 4 is 11.6 Å². The molecule has 0 aliphatic carbocycles. The van der Waals surface area contributed by atoms with Crippen LogP contribution in [0.25, 0.3) is 0 Å². The minimum absolute atomic E-state index is 0.0470. The molecule has 8 N–H and O–H groups in total. The zero-order chi connectivity index (χ0) is 21.3. The van der Waals surface area contributed by atoms with Gasteiger partial charge in [0.2, 0.25) is 0 Å². The Bertz CT molecular complexity index is 413. The van der Waals surface area contributed by atoms with Gasteiger partial charge in [0.1, 0.15) is 11.4 Å². The van der Waals surface area contributed by atoms with Gasteiger partial charge in [-0.05, 0) is 45.2 Å². The summed E-state index contributed by atoms with van der Waals surface area (Å²) in [5.41, 5.74) is 22.0. The van der Waals surface area contributed by atoms with Crippen LogP contribution in [-0.4, -0.2) is 30.3 Å². The molecule has 6 heteroatoms. The van der Waals surface area contributed by atoms with E-state index in [4.69, 9.17) is 22.9 Å². The van der Waals surface area contributed by atoms with Crippen LogP contribution < -0.4 is 22.9 Å². The molecule has 0 aliphatic heterocycles. The summed E-state index contributed by atoms with van der Waals surface area (Å²) in [7, 11) is 0. The summed E-state index contributed by atoms with van der Waals surface area (Å²) in [5.74, 6) is -0.710. The number of rotatable bonds is 20. The summed E-state index contributed by atoms with van der Waals surface area (Å²) in [6, 6.07) is 0. The highest BCUT2D eigenvalue weighted by Gasteiger charge is 2.40. The molecule has 0 aromatic carbocycles. The lowest BCUT2D eigenvalue weighted by Crippen LogP contribution is -2.63. The van der Waals surface area contributed by atoms with Crippen LogP contribution in [0, 0.1) is 5.92 Å². The van der Waals surface area contributed by atoms with E-state index in [1.54, 1.807) is 0 Å². The van der Waals surface area contributed by atoms with Gasteiger partial charge in [-0.3, -0.25) is 9.59 Å². The monoisotopic (exact) mass is 398 g/mol. The Hall–Kier alpha value is -0.820. The van der Waals surface area contributed by atoms with Crippen molar-refractivity contribution in [3.8, 4) is 0 Å². The minimum atomic E-state index is -1.55. The van der Waals surface area contributed by atoms with Gasteiger partial charge in [-0.2, -0.15) is 0 Å². The highest BCUT2D eigenvalue weighted by molar-refractivity contribution is 5.95. The van der Waals surface area contributed by atoms with Crippen LogP contribution in [0.5, 0.6) is 0 Å². The minimum Gasteiger partial charge on any atom is -0.330 e. The number of nitrogens with two attached hydrogens (primary N) is 4. The molecule has 28 heavy (non-hydrogen) atoms. The number of unbranched alkanes of at least 4 members (excludes halogenated alkanes) is 9. The molecule has 0 heterocycles. The van der Waals surface area contributed by atoms with Crippen molar-refractivity contribution in [1.82, 2.24) is 0 Å². The molecule has 6 nitrogen and oxygen atoms in total. The molecule has 166 valence electrons. The number of hydrogen-bond donors (Lipinski definition) is 4. The first-order chi connectivity index (χ1) is 13.4. The van der Waals surface area contributed by atoms with Crippen molar-refractivity contribution in [3.63, 3.8) is 0 Å². The maximum atomic E-state index is 12.9. The van der Waals surface area contributed by atoms with E-state index in [0.717, 1.165) is 77.0 Å². The van der Waals surface area contributed by atoms with Crippen LogP contribution >= 0.6 is 0 Å². The fourth-order valence-corrected chi connectivity index (χ4v) is 3.61. The van der Waals surface area contributed by atoms with E-state index in [9.17, 15) is 9.59 Å². The van der Waals surface area contributed by atoms with E-state index >= 15 is 0 Å². The van der Waals surface area contributed by atoms with Crippen LogP contribution in [0.1, 0.15) is 103 Å². The number of carbonyl (C=O) groups excluding carboxylic acids is 2. The summed E-state index contributed by atoms with van der Waals surface area (Å²) < 4.78 is 0. The van der Waals surface area contributed by atoms with Crippen LogP contribution in [0.2, 0.25) is 0 Å². The Balaban J connectivity index is 4.73. The molecule has 0 aromatic rings. The molecule has 1 unspecified atom stereocenters. The zero-order valence-corrected chi connectivity index (χ0v) is 18.2.